The Hall–Kier alpha value is -2.48. The minimum atomic E-state index is 0.144. The number of piperidine rings is 1. The average molecular weight is 385 g/mol. The minimum absolute atomic E-state index is 0.144. The van der Waals surface area contributed by atoms with Crippen LogP contribution in [0.3, 0.4) is 0 Å². The van der Waals surface area contributed by atoms with Crippen molar-refractivity contribution in [2.24, 2.45) is 7.05 Å². The van der Waals surface area contributed by atoms with E-state index in [2.05, 4.69) is 32.7 Å². The second-order valence-corrected chi connectivity index (χ2v) is 8.15. The summed E-state index contributed by atoms with van der Waals surface area (Å²) in [6, 6.07) is 4.02. The Kier molecular flexibility index (Phi) is 5.07. The van der Waals surface area contributed by atoms with Gasteiger partial charge in [-0.05, 0) is 31.4 Å². The van der Waals surface area contributed by atoms with E-state index in [-0.39, 0.29) is 11.8 Å². The molecule has 1 fully saturated rings. The van der Waals surface area contributed by atoms with Crippen molar-refractivity contribution >= 4 is 17.2 Å². The number of thiophene rings is 1. The van der Waals surface area contributed by atoms with Crippen molar-refractivity contribution in [2.75, 3.05) is 13.1 Å². The number of carbonyl (C=O) groups excluding carboxylic acids is 1. The molecule has 4 heterocycles. The molecule has 1 amide bonds. The van der Waals surface area contributed by atoms with Gasteiger partial charge < -0.3 is 14.0 Å². The molecule has 8 heteroatoms. The minimum Gasteiger partial charge on any atom is -0.337 e. The maximum absolute atomic E-state index is 12.9. The largest absolute Gasteiger partial charge is 0.337 e. The highest BCUT2D eigenvalue weighted by Crippen LogP contribution is 2.28. The zero-order valence-corrected chi connectivity index (χ0v) is 16.5. The quantitative estimate of drug-likeness (QED) is 0.678. The monoisotopic (exact) mass is 384 g/mol. The summed E-state index contributed by atoms with van der Waals surface area (Å²) in [5, 5.41) is 8.82. The molecule has 4 rings (SSSR count). The SMILES string of the molecule is CCc1ccc(C(=O)N2CCCC(c3nnc(Cn4ccnc4)n3C)C2)s1. The van der Waals surface area contributed by atoms with Crippen LogP contribution in [0.5, 0.6) is 0 Å². The highest BCUT2D eigenvalue weighted by atomic mass is 32.1. The van der Waals surface area contributed by atoms with Crippen LogP contribution in [-0.4, -0.2) is 48.2 Å². The first-order valence-corrected chi connectivity index (χ1v) is 10.2. The van der Waals surface area contributed by atoms with Crippen LogP contribution in [0.2, 0.25) is 0 Å². The number of likely N-dealkylation sites (tertiary alicyclic amines) is 1. The van der Waals surface area contributed by atoms with Crippen molar-refractivity contribution in [3.63, 3.8) is 0 Å². The smallest absolute Gasteiger partial charge is 0.263 e. The van der Waals surface area contributed by atoms with Gasteiger partial charge in [0.15, 0.2) is 5.82 Å². The number of nitrogens with zero attached hydrogens (tertiary/aromatic N) is 6. The zero-order valence-electron chi connectivity index (χ0n) is 15.7. The molecule has 0 bridgehead atoms. The molecule has 0 N–H and O–H groups in total. The Morgan fingerprint density at radius 3 is 2.96 bits per heavy atom. The molecule has 27 heavy (non-hydrogen) atoms. The second-order valence-electron chi connectivity index (χ2n) is 6.98. The lowest BCUT2D eigenvalue weighted by Crippen LogP contribution is -2.39. The predicted molar refractivity (Wildman–Crippen MR) is 104 cm³/mol. The van der Waals surface area contributed by atoms with Crippen molar-refractivity contribution in [1.82, 2.24) is 29.2 Å². The average Bonchev–Trinajstić information content (AvgIpc) is 3.44. The van der Waals surface area contributed by atoms with Crippen molar-refractivity contribution < 1.29 is 4.79 Å². The van der Waals surface area contributed by atoms with Crippen molar-refractivity contribution in [1.29, 1.82) is 0 Å². The summed E-state index contributed by atoms with van der Waals surface area (Å²) in [5.74, 6) is 2.23. The Bertz CT molecular complexity index is 913. The van der Waals surface area contributed by atoms with Crippen LogP contribution >= 0.6 is 11.3 Å². The second kappa shape index (κ2) is 7.64. The van der Waals surface area contributed by atoms with E-state index in [0.717, 1.165) is 42.3 Å². The van der Waals surface area contributed by atoms with Gasteiger partial charge in [0.2, 0.25) is 0 Å². The Morgan fingerprint density at radius 2 is 2.22 bits per heavy atom. The third-order valence-electron chi connectivity index (χ3n) is 5.18. The summed E-state index contributed by atoms with van der Waals surface area (Å²) in [6.07, 6.45) is 8.45. The van der Waals surface area contributed by atoms with Gasteiger partial charge >= 0.3 is 0 Å². The number of aryl methyl sites for hydroxylation is 1. The number of imidazole rings is 1. The molecule has 1 aliphatic heterocycles. The van der Waals surface area contributed by atoms with E-state index in [0.29, 0.717) is 13.1 Å². The standard InChI is InChI=1S/C19H24N6OS/c1-3-15-6-7-16(27-15)19(26)25-9-4-5-14(11-25)18-22-21-17(23(18)2)12-24-10-8-20-13-24/h6-8,10,13-14H,3-5,9,11-12H2,1-2H3. The van der Waals surface area contributed by atoms with E-state index in [1.165, 1.54) is 4.88 Å². The lowest BCUT2D eigenvalue weighted by atomic mass is 9.97. The molecule has 1 saturated heterocycles. The van der Waals surface area contributed by atoms with Crippen LogP contribution in [0.1, 0.15) is 51.9 Å². The molecule has 0 radical (unpaired) electrons. The molecule has 0 aromatic carbocycles. The molecule has 0 spiro atoms. The summed E-state index contributed by atoms with van der Waals surface area (Å²) < 4.78 is 4.05. The van der Waals surface area contributed by atoms with Gasteiger partial charge in [0.05, 0.1) is 17.7 Å². The van der Waals surface area contributed by atoms with Crippen molar-refractivity contribution in [3.8, 4) is 0 Å². The molecule has 1 unspecified atom stereocenters. The van der Waals surface area contributed by atoms with Gasteiger partial charge in [0.25, 0.3) is 5.91 Å². The van der Waals surface area contributed by atoms with Gasteiger partial charge in [-0.25, -0.2) is 4.98 Å². The third kappa shape index (κ3) is 3.66. The molecular formula is C19H24N6OS. The Labute approximate surface area is 162 Å². The summed E-state index contributed by atoms with van der Waals surface area (Å²) >= 11 is 1.61. The van der Waals surface area contributed by atoms with E-state index in [9.17, 15) is 4.79 Å². The molecule has 0 saturated carbocycles. The lowest BCUT2D eigenvalue weighted by molar-refractivity contribution is 0.0708. The van der Waals surface area contributed by atoms with E-state index in [4.69, 9.17) is 0 Å². The third-order valence-corrected chi connectivity index (χ3v) is 6.39. The van der Waals surface area contributed by atoms with E-state index < -0.39 is 0 Å². The van der Waals surface area contributed by atoms with Gasteiger partial charge in [0.1, 0.15) is 5.82 Å². The van der Waals surface area contributed by atoms with Crippen molar-refractivity contribution in [2.45, 2.75) is 38.6 Å². The van der Waals surface area contributed by atoms with Gasteiger partial charge in [-0.2, -0.15) is 0 Å². The summed E-state index contributed by atoms with van der Waals surface area (Å²) in [5.41, 5.74) is 0. The Balaban J connectivity index is 1.48. The van der Waals surface area contributed by atoms with Crippen LogP contribution < -0.4 is 0 Å². The number of carbonyl (C=O) groups is 1. The van der Waals surface area contributed by atoms with E-state index in [1.54, 1.807) is 23.9 Å². The number of amides is 1. The van der Waals surface area contributed by atoms with Gasteiger partial charge in [-0.3, -0.25) is 4.79 Å². The molecule has 142 valence electrons. The highest BCUT2D eigenvalue weighted by Gasteiger charge is 2.29. The first kappa shape index (κ1) is 17.9. The van der Waals surface area contributed by atoms with Crippen LogP contribution in [0.4, 0.5) is 0 Å². The first-order chi connectivity index (χ1) is 13.2. The van der Waals surface area contributed by atoms with Crippen LogP contribution in [0.25, 0.3) is 0 Å². The molecular weight excluding hydrogens is 360 g/mol. The van der Waals surface area contributed by atoms with E-state index >= 15 is 0 Å². The number of aromatic nitrogens is 5. The van der Waals surface area contributed by atoms with Crippen molar-refractivity contribution in [3.05, 3.63) is 52.3 Å². The summed E-state index contributed by atoms with van der Waals surface area (Å²) in [6.45, 7) is 4.28. The van der Waals surface area contributed by atoms with Gasteiger partial charge in [0, 0.05) is 43.3 Å². The maximum atomic E-state index is 12.9. The topological polar surface area (TPSA) is 68.8 Å². The van der Waals surface area contributed by atoms with Crippen LogP contribution in [0.15, 0.2) is 30.9 Å². The van der Waals surface area contributed by atoms with E-state index in [1.807, 2.05) is 28.8 Å². The normalized spacial score (nSPS) is 17.4. The fourth-order valence-electron chi connectivity index (χ4n) is 3.62. The van der Waals surface area contributed by atoms with Crippen LogP contribution in [0, 0.1) is 0 Å². The zero-order chi connectivity index (χ0) is 18.8. The lowest BCUT2D eigenvalue weighted by Gasteiger charge is -2.32. The maximum Gasteiger partial charge on any atom is 0.263 e. The molecule has 7 nitrogen and oxygen atoms in total. The van der Waals surface area contributed by atoms with Crippen LogP contribution in [-0.2, 0) is 20.0 Å². The number of rotatable bonds is 5. The number of hydrogen-bond donors (Lipinski definition) is 0. The highest BCUT2D eigenvalue weighted by molar-refractivity contribution is 7.14. The molecule has 3 aromatic heterocycles. The summed E-state index contributed by atoms with van der Waals surface area (Å²) in [7, 11) is 2.01. The predicted octanol–water partition coefficient (Wildman–Crippen LogP) is 2.70. The number of hydrogen-bond acceptors (Lipinski definition) is 5. The molecule has 1 atom stereocenters. The fourth-order valence-corrected chi connectivity index (χ4v) is 4.54. The Morgan fingerprint density at radius 1 is 1.33 bits per heavy atom. The first-order valence-electron chi connectivity index (χ1n) is 9.37. The molecule has 3 aromatic rings. The molecule has 0 aliphatic carbocycles. The van der Waals surface area contributed by atoms with Gasteiger partial charge in [-0.1, -0.05) is 6.92 Å². The fraction of sp³-hybridized carbons (Fsp3) is 0.474. The van der Waals surface area contributed by atoms with Gasteiger partial charge in [-0.15, -0.1) is 21.5 Å². The molecule has 1 aliphatic rings. The summed E-state index contributed by atoms with van der Waals surface area (Å²) in [4.78, 5) is 21.0.